The van der Waals surface area contributed by atoms with Crippen LogP contribution >= 0.6 is 11.6 Å². The molecule has 0 radical (unpaired) electrons. The lowest BCUT2D eigenvalue weighted by Crippen LogP contribution is -2.18. The highest BCUT2D eigenvalue weighted by atomic mass is 35.5. The summed E-state index contributed by atoms with van der Waals surface area (Å²) in [4.78, 5) is 4.11. The molecule has 1 aromatic heterocycles. The Hall–Kier alpha value is -1.79. The fraction of sp³-hybridized carbons (Fsp3) is 0.214. The molecule has 2 aromatic rings. The van der Waals surface area contributed by atoms with E-state index in [0.29, 0.717) is 16.8 Å². The first-order valence-corrected chi connectivity index (χ1v) is 8.09. The number of nitrogens with two attached hydrogens (primary N) is 1. The maximum atomic E-state index is 12.6. The first-order chi connectivity index (χ1) is 9.74. The number of aromatic nitrogens is 1. The van der Waals surface area contributed by atoms with Crippen LogP contribution in [0.3, 0.4) is 0 Å². The number of nitrogens with one attached hydrogen (secondary N) is 1. The number of anilines is 2. The van der Waals surface area contributed by atoms with Crippen molar-refractivity contribution in [1.29, 1.82) is 0 Å². The zero-order valence-electron chi connectivity index (χ0n) is 11.9. The molecular formula is C14H16ClN3O2S. The minimum atomic E-state index is -3.82. The Morgan fingerprint density at radius 1 is 1.24 bits per heavy atom. The molecule has 0 spiro atoms. The summed E-state index contributed by atoms with van der Waals surface area (Å²) in [5, 5.41) is 0.233. The van der Waals surface area contributed by atoms with Gasteiger partial charge in [-0.05, 0) is 55.7 Å². The summed E-state index contributed by atoms with van der Waals surface area (Å²) in [5.74, 6) is 0.0954. The monoisotopic (exact) mass is 325 g/mol. The number of nitrogens with zero attached hydrogens (tertiary/aromatic N) is 1. The lowest BCUT2D eigenvalue weighted by molar-refractivity contribution is 0.599. The molecule has 0 saturated carbocycles. The molecule has 7 heteroatoms. The van der Waals surface area contributed by atoms with Crippen molar-refractivity contribution in [3.05, 3.63) is 46.1 Å². The van der Waals surface area contributed by atoms with Crippen molar-refractivity contribution >= 4 is 33.1 Å². The summed E-state index contributed by atoms with van der Waals surface area (Å²) < 4.78 is 27.7. The molecular weight excluding hydrogens is 310 g/mol. The predicted molar refractivity (Wildman–Crippen MR) is 85.1 cm³/mol. The van der Waals surface area contributed by atoms with Gasteiger partial charge in [-0.1, -0.05) is 11.6 Å². The van der Waals surface area contributed by atoms with Crippen LogP contribution in [0.4, 0.5) is 11.5 Å². The van der Waals surface area contributed by atoms with E-state index in [4.69, 9.17) is 17.3 Å². The molecule has 0 unspecified atom stereocenters. The van der Waals surface area contributed by atoms with Gasteiger partial charge < -0.3 is 5.73 Å². The molecule has 0 saturated heterocycles. The highest BCUT2D eigenvalue weighted by Gasteiger charge is 2.23. The van der Waals surface area contributed by atoms with Gasteiger partial charge in [0.1, 0.15) is 0 Å². The maximum absolute atomic E-state index is 12.6. The van der Waals surface area contributed by atoms with Gasteiger partial charge in [0, 0.05) is 11.9 Å². The number of aryl methyl sites for hydroxylation is 1. The standard InChI is InChI=1S/C14H16ClN3O2S/c1-8-7-12(16)10(3)13(9(8)2)21(19,20)18-14-11(15)5-4-6-17-14/h4-7H,16H2,1-3H3,(H,17,18). The van der Waals surface area contributed by atoms with Crippen LogP contribution in [0.15, 0.2) is 29.3 Å². The summed E-state index contributed by atoms with van der Waals surface area (Å²) in [6, 6.07) is 4.95. The third-order valence-corrected chi connectivity index (χ3v) is 5.25. The molecule has 0 amide bonds. The number of sulfonamides is 1. The Kier molecular flexibility index (Phi) is 4.11. The van der Waals surface area contributed by atoms with Crippen LogP contribution in [0.25, 0.3) is 0 Å². The van der Waals surface area contributed by atoms with Crippen molar-refractivity contribution < 1.29 is 8.42 Å². The van der Waals surface area contributed by atoms with Crippen LogP contribution in [-0.4, -0.2) is 13.4 Å². The van der Waals surface area contributed by atoms with Gasteiger partial charge in [-0.15, -0.1) is 0 Å². The molecule has 1 heterocycles. The van der Waals surface area contributed by atoms with Gasteiger partial charge in [-0.2, -0.15) is 0 Å². The van der Waals surface area contributed by atoms with Gasteiger partial charge in [0.25, 0.3) is 10.0 Å². The van der Waals surface area contributed by atoms with E-state index in [2.05, 4.69) is 9.71 Å². The van der Waals surface area contributed by atoms with Gasteiger partial charge in [0.15, 0.2) is 5.82 Å². The third-order valence-electron chi connectivity index (χ3n) is 3.34. The van der Waals surface area contributed by atoms with E-state index in [9.17, 15) is 8.42 Å². The van der Waals surface area contributed by atoms with Crippen LogP contribution in [0.1, 0.15) is 16.7 Å². The Bertz CT molecular complexity index is 778. The molecule has 0 fully saturated rings. The summed E-state index contributed by atoms with van der Waals surface area (Å²) >= 11 is 5.95. The molecule has 0 aliphatic heterocycles. The van der Waals surface area contributed by atoms with E-state index >= 15 is 0 Å². The molecule has 0 aliphatic carbocycles. The van der Waals surface area contributed by atoms with Gasteiger partial charge in [-0.3, -0.25) is 4.72 Å². The minimum absolute atomic E-state index is 0.0954. The number of halogens is 1. The van der Waals surface area contributed by atoms with Crippen molar-refractivity contribution in [2.45, 2.75) is 25.7 Å². The van der Waals surface area contributed by atoms with Crippen LogP contribution in [0.2, 0.25) is 5.02 Å². The zero-order valence-corrected chi connectivity index (χ0v) is 13.5. The summed E-state index contributed by atoms with van der Waals surface area (Å²) in [5.41, 5.74) is 8.29. The predicted octanol–water partition coefficient (Wildman–Crippen LogP) is 3.04. The zero-order chi connectivity index (χ0) is 15.8. The van der Waals surface area contributed by atoms with E-state index in [-0.39, 0.29) is 15.7 Å². The second kappa shape index (κ2) is 5.54. The number of hydrogen-bond donors (Lipinski definition) is 2. The lowest BCUT2D eigenvalue weighted by atomic mass is 10.1. The quantitative estimate of drug-likeness (QED) is 0.849. The average Bonchev–Trinajstić information content (AvgIpc) is 2.39. The first-order valence-electron chi connectivity index (χ1n) is 6.23. The van der Waals surface area contributed by atoms with E-state index in [1.165, 1.54) is 6.20 Å². The van der Waals surface area contributed by atoms with Gasteiger partial charge >= 0.3 is 0 Å². The maximum Gasteiger partial charge on any atom is 0.263 e. The average molecular weight is 326 g/mol. The topological polar surface area (TPSA) is 85.1 Å². The highest BCUT2D eigenvalue weighted by molar-refractivity contribution is 7.92. The van der Waals surface area contributed by atoms with Crippen LogP contribution in [0.5, 0.6) is 0 Å². The molecule has 0 bridgehead atoms. The van der Waals surface area contributed by atoms with Crippen LogP contribution in [0, 0.1) is 20.8 Å². The lowest BCUT2D eigenvalue weighted by Gasteiger charge is -2.16. The minimum Gasteiger partial charge on any atom is -0.398 e. The van der Waals surface area contributed by atoms with E-state index in [1.54, 1.807) is 32.0 Å². The smallest absolute Gasteiger partial charge is 0.263 e. The van der Waals surface area contributed by atoms with Crippen molar-refractivity contribution in [3.63, 3.8) is 0 Å². The third kappa shape index (κ3) is 2.96. The van der Waals surface area contributed by atoms with Crippen molar-refractivity contribution in [1.82, 2.24) is 4.98 Å². The molecule has 112 valence electrons. The van der Waals surface area contributed by atoms with Crippen LogP contribution in [-0.2, 0) is 10.0 Å². The van der Waals surface area contributed by atoms with Crippen molar-refractivity contribution in [3.8, 4) is 0 Å². The van der Waals surface area contributed by atoms with Gasteiger partial charge in [-0.25, -0.2) is 13.4 Å². The Balaban J connectivity index is 2.58. The highest BCUT2D eigenvalue weighted by Crippen LogP contribution is 2.30. The molecule has 3 N–H and O–H groups in total. The van der Waals surface area contributed by atoms with Crippen LogP contribution < -0.4 is 10.5 Å². The van der Waals surface area contributed by atoms with E-state index < -0.39 is 10.0 Å². The molecule has 21 heavy (non-hydrogen) atoms. The molecule has 2 rings (SSSR count). The first kappa shape index (κ1) is 15.6. The fourth-order valence-electron chi connectivity index (χ4n) is 2.08. The number of benzene rings is 1. The van der Waals surface area contributed by atoms with Gasteiger partial charge in [0.2, 0.25) is 0 Å². The number of hydrogen-bond acceptors (Lipinski definition) is 4. The van der Waals surface area contributed by atoms with Crippen molar-refractivity contribution in [2.75, 3.05) is 10.5 Å². The number of pyridine rings is 1. The largest absolute Gasteiger partial charge is 0.398 e. The molecule has 0 atom stereocenters. The fourth-order valence-corrected chi connectivity index (χ4v) is 3.91. The molecule has 0 aliphatic rings. The Morgan fingerprint density at radius 2 is 1.90 bits per heavy atom. The summed E-state index contributed by atoms with van der Waals surface area (Å²) in [6.07, 6.45) is 1.47. The summed E-state index contributed by atoms with van der Waals surface area (Å²) in [7, 11) is -3.82. The van der Waals surface area contributed by atoms with Gasteiger partial charge in [0.05, 0.1) is 9.92 Å². The summed E-state index contributed by atoms with van der Waals surface area (Å²) in [6.45, 7) is 5.24. The van der Waals surface area contributed by atoms with Crippen molar-refractivity contribution in [2.24, 2.45) is 0 Å². The SMILES string of the molecule is Cc1cc(N)c(C)c(S(=O)(=O)Nc2ncccc2Cl)c1C. The number of rotatable bonds is 3. The second-order valence-corrected chi connectivity index (χ2v) is 6.83. The molecule has 1 aromatic carbocycles. The van der Waals surface area contributed by atoms with E-state index in [1.807, 2.05) is 6.92 Å². The number of nitrogen functional groups attached to an aromatic ring is 1. The molecule has 5 nitrogen and oxygen atoms in total. The Labute approximate surface area is 129 Å². The second-order valence-electron chi connectivity index (χ2n) is 4.80. The Morgan fingerprint density at radius 3 is 2.52 bits per heavy atom. The van der Waals surface area contributed by atoms with E-state index in [0.717, 1.165) is 5.56 Å². The normalized spacial score (nSPS) is 11.4.